The van der Waals surface area contributed by atoms with E-state index in [0.29, 0.717) is 17.9 Å². The third kappa shape index (κ3) is 6.08. The van der Waals surface area contributed by atoms with Gasteiger partial charge in [0.1, 0.15) is 0 Å². The Morgan fingerprint density at radius 3 is 2.23 bits per heavy atom. The Kier molecular flexibility index (Phi) is 7.59. The Morgan fingerprint density at radius 2 is 1.60 bits per heavy atom. The van der Waals surface area contributed by atoms with Crippen molar-refractivity contribution in [3.05, 3.63) is 59.2 Å². The van der Waals surface area contributed by atoms with Crippen molar-refractivity contribution < 1.29 is 33.5 Å². The fraction of sp³-hybridized carbons (Fsp3) is 0.250. The molecule has 182 valence electrons. The topological polar surface area (TPSA) is 151 Å². The number of fused-ring (bicyclic) bond motifs is 1. The molecule has 1 aliphatic heterocycles. The second kappa shape index (κ2) is 10.6. The lowest BCUT2D eigenvalue weighted by atomic mass is 10.1. The SMILES string of the molecule is CC(=O)Nc1ccc(N2C(=O)c3ccc(C(=O)OCC(=O)NC(=O)NCC(C)C)cc3C2=O)cc1. The molecule has 6 amide bonds. The van der Waals surface area contributed by atoms with Crippen LogP contribution in [-0.2, 0) is 14.3 Å². The van der Waals surface area contributed by atoms with Crippen LogP contribution in [0.3, 0.4) is 0 Å². The van der Waals surface area contributed by atoms with Gasteiger partial charge >= 0.3 is 12.0 Å². The Morgan fingerprint density at radius 1 is 0.943 bits per heavy atom. The first-order valence-corrected chi connectivity index (χ1v) is 10.7. The van der Waals surface area contributed by atoms with Gasteiger partial charge in [0, 0.05) is 19.2 Å². The minimum absolute atomic E-state index is 0.00732. The van der Waals surface area contributed by atoms with Crippen molar-refractivity contribution in [1.82, 2.24) is 10.6 Å². The first-order chi connectivity index (χ1) is 16.6. The molecule has 0 unspecified atom stereocenters. The zero-order chi connectivity index (χ0) is 25.7. The number of esters is 1. The van der Waals surface area contributed by atoms with Gasteiger partial charge in [0.2, 0.25) is 5.91 Å². The zero-order valence-electron chi connectivity index (χ0n) is 19.3. The summed E-state index contributed by atoms with van der Waals surface area (Å²) in [5.74, 6) is -2.98. The number of carbonyl (C=O) groups is 6. The number of urea groups is 1. The Labute approximate surface area is 200 Å². The van der Waals surface area contributed by atoms with Crippen molar-refractivity contribution >= 4 is 47.0 Å². The molecule has 0 fully saturated rings. The van der Waals surface area contributed by atoms with Crippen LogP contribution in [0.2, 0.25) is 0 Å². The van der Waals surface area contributed by atoms with Crippen molar-refractivity contribution in [2.75, 3.05) is 23.4 Å². The standard InChI is InChI=1S/C24H24N4O7/c1-13(2)11-25-24(34)27-20(30)12-35-23(33)15-4-9-18-19(10-15)22(32)28(21(18)31)17-7-5-16(6-8-17)26-14(3)29/h4-10,13H,11-12H2,1-3H3,(H,26,29)(H2,25,27,30,34). The molecule has 0 saturated heterocycles. The molecule has 0 radical (unpaired) electrons. The van der Waals surface area contributed by atoms with Crippen LogP contribution in [0.25, 0.3) is 0 Å². The molecule has 11 heteroatoms. The van der Waals surface area contributed by atoms with Gasteiger partial charge in [-0.05, 0) is 48.4 Å². The highest BCUT2D eigenvalue weighted by Gasteiger charge is 2.37. The molecule has 0 saturated carbocycles. The maximum absolute atomic E-state index is 12.9. The fourth-order valence-electron chi connectivity index (χ4n) is 3.22. The highest BCUT2D eigenvalue weighted by molar-refractivity contribution is 6.34. The molecule has 0 aromatic heterocycles. The van der Waals surface area contributed by atoms with Crippen LogP contribution in [0.15, 0.2) is 42.5 Å². The Bertz CT molecular complexity index is 1200. The van der Waals surface area contributed by atoms with Crippen LogP contribution in [-0.4, -0.2) is 48.8 Å². The van der Waals surface area contributed by atoms with E-state index < -0.39 is 36.3 Å². The molecule has 1 aliphatic rings. The molecule has 3 N–H and O–H groups in total. The van der Waals surface area contributed by atoms with E-state index in [4.69, 9.17) is 4.74 Å². The molecule has 2 aromatic rings. The Balaban J connectivity index is 1.65. The molecule has 35 heavy (non-hydrogen) atoms. The summed E-state index contributed by atoms with van der Waals surface area (Å²) in [5, 5.41) is 7.13. The van der Waals surface area contributed by atoms with Gasteiger partial charge in [-0.1, -0.05) is 13.8 Å². The van der Waals surface area contributed by atoms with Crippen molar-refractivity contribution in [3.8, 4) is 0 Å². The van der Waals surface area contributed by atoms with Crippen molar-refractivity contribution in [2.24, 2.45) is 5.92 Å². The molecule has 3 rings (SSSR count). The predicted molar refractivity (Wildman–Crippen MR) is 125 cm³/mol. The van der Waals surface area contributed by atoms with Crippen LogP contribution in [0, 0.1) is 5.92 Å². The number of carbonyl (C=O) groups excluding carboxylic acids is 6. The van der Waals surface area contributed by atoms with E-state index in [1.807, 2.05) is 19.2 Å². The van der Waals surface area contributed by atoms with Crippen molar-refractivity contribution in [2.45, 2.75) is 20.8 Å². The number of hydrogen-bond acceptors (Lipinski definition) is 7. The summed E-state index contributed by atoms with van der Waals surface area (Å²) in [5.41, 5.74) is 0.876. The molecule has 0 aliphatic carbocycles. The summed E-state index contributed by atoms with van der Waals surface area (Å²) in [6.07, 6.45) is 0. The third-order valence-corrected chi connectivity index (χ3v) is 4.83. The third-order valence-electron chi connectivity index (χ3n) is 4.83. The second-order valence-corrected chi connectivity index (χ2v) is 8.16. The van der Waals surface area contributed by atoms with E-state index >= 15 is 0 Å². The van der Waals surface area contributed by atoms with E-state index in [-0.39, 0.29) is 28.5 Å². The molecule has 2 aromatic carbocycles. The summed E-state index contributed by atoms with van der Waals surface area (Å²) >= 11 is 0. The summed E-state index contributed by atoms with van der Waals surface area (Å²) in [7, 11) is 0. The average molecular weight is 480 g/mol. The zero-order valence-corrected chi connectivity index (χ0v) is 19.3. The van der Waals surface area contributed by atoms with Crippen LogP contribution in [0.4, 0.5) is 16.2 Å². The molecular formula is C24H24N4O7. The number of anilines is 2. The molecular weight excluding hydrogens is 456 g/mol. The fourth-order valence-corrected chi connectivity index (χ4v) is 3.22. The number of nitrogens with zero attached hydrogens (tertiary/aromatic N) is 1. The number of ether oxygens (including phenoxy) is 1. The van der Waals surface area contributed by atoms with E-state index in [9.17, 15) is 28.8 Å². The summed E-state index contributed by atoms with van der Waals surface area (Å²) in [6, 6.07) is 9.29. The maximum Gasteiger partial charge on any atom is 0.338 e. The summed E-state index contributed by atoms with van der Waals surface area (Å²) in [4.78, 5) is 73.6. The largest absolute Gasteiger partial charge is 0.452 e. The van der Waals surface area contributed by atoms with E-state index in [1.165, 1.54) is 37.3 Å². The molecule has 1 heterocycles. The summed E-state index contributed by atoms with van der Waals surface area (Å²) in [6.45, 7) is 4.81. The van der Waals surface area contributed by atoms with Crippen LogP contribution in [0.1, 0.15) is 51.8 Å². The number of imide groups is 2. The van der Waals surface area contributed by atoms with Gasteiger partial charge in [0.25, 0.3) is 17.7 Å². The lowest BCUT2D eigenvalue weighted by Gasteiger charge is -2.14. The number of amides is 6. The van der Waals surface area contributed by atoms with Crippen LogP contribution < -0.4 is 20.9 Å². The first-order valence-electron chi connectivity index (χ1n) is 10.7. The lowest BCUT2D eigenvalue weighted by Crippen LogP contribution is -2.42. The summed E-state index contributed by atoms with van der Waals surface area (Å²) < 4.78 is 4.92. The van der Waals surface area contributed by atoms with Gasteiger partial charge in [0.05, 0.1) is 22.4 Å². The molecule has 0 bridgehead atoms. The number of hydrogen-bond donors (Lipinski definition) is 3. The lowest BCUT2D eigenvalue weighted by molar-refractivity contribution is -0.123. The normalized spacial score (nSPS) is 12.3. The van der Waals surface area contributed by atoms with Gasteiger partial charge in [0.15, 0.2) is 6.61 Å². The average Bonchev–Trinajstić information content (AvgIpc) is 3.05. The maximum atomic E-state index is 12.9. The highest BCUT2D eigenvalue weighted by atomic mass is 16.5. The predicted octanol–water partition coefficient (Wildman–Crippen LogP) is 2.08. The molecule has 0 atom stereocenters. The van der Waals surface area contributed by atoms with Crippen LogP contribution >= 0.6 is 0 Å². The van der Waals surface area contributed by atoms with Crippen molar-refractivity contribution in [3.63, 3.8) is 0 Å². The van der Waals surface area contributed by atoms with Crippen LogP contribution in [0.5, 0.6) is 0 Å². The molecule has 0 spiro atoms. The van der Waals surface area contributed by atoms with Crippen molar-refractivity contribution in [1.29, 1.82) is 0 Å². The monoisotopic (exact) mass is 480 g/mol. The minimum Gasteiger partial charge on any atom is -0.452 e. The number of benzene rings is 2. The highest BCUT2D eigenvalue weighted by Crippen LogP contribution is 2.30. The number of rotatable bonds is 7. The second-order valence-electron chi connectivity index (χ2n) is 8.16. The number of nitrogens with one attached hydrogen (secondary N) is 3. The quantitative estimate of drug-likeness (QED) is 0.405. The molecule has 11 nitrogen and oxygen atoms in total. The first kappa shape index (κ1) is 25.1. The smallest absolute Gasteiger partial charge is 0.338 e. The van der Waals surface area contributed by atoms with Gasteiger partial charge in [-0.2, -0.15) is 0 Å². The van der Waals surface area contributed by atoms with Gasteiger partial charge in [-0.3, -0.25) is 24.5 Å². The Hall–Kier alpha value is -4.54. The van der Waals surface area contributed by atoms with Gasteiger partial charge in [-0.15, -0.1) is 0 Å². The minimum atomic E-state index is -0.899. The van der Waals surface area contributed by atoms with E-state index in [0.717, 1.165) is 4.90 Å². The van der Waals surface area contributed by atoms with E-state index in [2.05, 4.69) is 10.6 Å². The van der Waals surface area contributed by atoms with Gasteiger partial charge in [-0.25, -0.2) is 14.5 Å². The van der Waals surface area contributed by atoms with E-state index in [1.54, 1.807) is 12.1 Å². The van der Waals surface area contributed by atoms with Gasteiger partial charge < -0.3 is 15.4 Å².